The van der Waals surface area contributed by atoms with E-state index in [-0.39, 0.29) is 0 Å². The molecule has 0 atom stereocenters. The molecule has 0 fully saturated rings. The average Bonchev–Trinajstić information content (AvgIpc) is 3.48. The van der Waals surface area contributed by atoms with Crippen molar-refractivity contribution < 1.29 is 4.42 Å². The van der Waals surface area contributed by atoms with Crippen LogP contribution in [0.15, 0.2) is 136 Å². The molecule has 0 N–H and O–H groups in total. The molecule has 0 aliphatic carbocycles. The lowest BCUT2D eigenvalue weighted by Crippen LogP contribution is -1.96. The summed E-state index contributed by atoms with van der Waals surface area (Å²) in [6.07, 6.45) is 0. The first-order valence-corrected chi connectivity index (χ1v) is 17.0. The van der Waals surface area contributed by atoms with Crippen LogP contribution in [-0.2, 0) is 0 Å². The molecule has 2 heterocycles. The zero-order valence-electron chi connectivity index (χ0n) is 27.3. The van der Waals surface area contributed by atoms with Crippen molar-refractivity contribution in [3.05, 3.63) is 132 Å². The maximum absolute atomic E-state index is 6.42. The maximum Gasteiger partial charge on any atom is 0.160 e. The number of fused-ring (bicyclic) bond motifs is 5. The first-order valence-electron chi connectivity index (χ1n) is 16.2. The number of hydrogen-bond acceptors (Lipinski definition) is 3. The molecule has 0 spiro atoms. The van der Waals surface area contributed by atoms with Crippen LogP contribution < -0.4 is 0 Å². The van der Waals surface area contributed by atoms with Crippen LogP contribution in [0.1, 0.15) is 41.5 Å². The largest absolute Gasteiger partial charge is 0.455 e. The van der Waals surface area contributed by atoms with Crippen molar-refractivity contribution in [3.63, 3.8) is 0 Å². The predicted molar refractivity (Wildman–Crippen MR) is 202 cm³/mol. The van der Waals surface area contributed by atoms with Crippen molar-refractivity contribution in [2.24, 2.45) is 0 Å². The van der Waals surface area contributed by atoms with Gasteiger partial charge in [0, 0.05) is 32.8 Å². The van der Waals surface area contributed by atoms with Crippen molar-refractivity contribution in [2.75, 3.05) is 0 Å². The highest BCUT2D eigenvalue weighted by atomic mass is 79.9. The molecular weight excluding hydrogens is 628 g/mol. The number of furan rings is 1. The Labute approximate surface area is 280 Å². The van der Waals surface area contributed by atoms with Gasteiger partial charge in [0.1, 0.15) is 11.3 Å². The van der Waals surface area contributed by atoms with Gasteiger partial charge in [0.2, 0.25) is 0 Å². The molecule has 0 unspecified atom stereocenters. The third-order valence-electron chi connectivity index (χ3n) is 7.56. The minimum absolute atomic E-state index is 0.685. The predicted octanol–water partition coefficient (Wildman–Crippen LogP) is 13.5. The highest BCUT2D eigenvalue weighted by Crippen LogP contribution is 2.42. The fourth-order valence-electron chi connectivity index (χ4n) is 5.61. The second kappa shape index (κ2) is 15.0. The van der Waals surface area contributed by atoms with E-state index in [1.54, 1.807) is 0 Å². The Morgan fingerprint density at radius 2 is 1.13 bits per heavy atom. The molecule has 8 aromatic rings. The number of nitrogens with zero attached hydrogens (tertiary/aromatic N) is 2. The van der Waals surface area contributed by atoms with Crippen LogP contribution >= 0.6 is 15.9 Å². The van der Waals surface area contributed by atoms with Gasteiger partial charge < -0.3 is 4.42 Å². The molecule has 0 radical (unpaired) electrons. The van der Waals surface area contributed by atoms with Gasteiger partial charge in [-0.05, 0) is 56.4 Å². The summed E-state index contributed by atoms with van der Waals surface area (Å²) in [5.41, 5.74) is 5.75. The molecule has 230 valence electrons. The minimum atomic E-state index is 0.685. The van der Waals surface area contributed by atoms with E-state index in [0.29, 0.717) is 5.82 Å². The summed E-state index contributed by atoms with van der Waals surface area (Å²) < 4.78 is 7.34. The second-order valence-corrected chi connectivity index (χ2v) is 10.7. The molecule has 0 saturated carbocycles. The van der Waals surface area contributed by atoms with Gasteiger partial charge in [0.15, 0.2) is 5.82 Å². The van der Waals surface area contributed by atoms with E-state index in [1.165, 1.54) is 5.39 Å². The molecule has 0 aliphatic rings. The molecule has 4 heteroatoms. The first kappa shape index (κ1) is 32.6. The van der Waals surface area contributed by atoms with Gasteiger partial charge >= 0.3 is 0 Å². The van der Waals surface area contributed by atoms with Crippen LogP contribution in [0, 0.1) is 0 Å². The molecule has 6 aromatic carbocycles. The number of rotatable bonds is 3. The standard InChI is InChI=1S/C36H21BrN2O.3C2H6/c37-32-30-21-25(18-20-31(30)40-35(32)28-16-8-13-22-9-4-6-14-26(22)28)36-38-33(24-11-2-1-3-12-24)29-19-17-23-10-5-7-15-27(23)34(29)39-36;3*1-2/h1-21H;3*1-2H3. The molecule has 0 amide bonds. The number of aromatic nitrogens is 2. The summed E-state index contributed by atoms with van der Waals surface area (Å²) in [6, 6.07) is 43.9. The molecule has 8 rings (SSSR count). The lowest BCUT2D eigenvalue weighted by atomic mass is 10.0. The van der Waals surface area contributed by atoms with Crippen molar-refractivity contribution >= 4 is 59.3 Å². The Bertz CT molecular complexity index is 2230. The molecule has 46 heavy (non-hydrogen) atoms. The van der Waals surface area contributed by atoms with Gasteiger partial charge in [0.25, 0.3) is 0 Å². The van der Waals surface area contributed by atoms with E-state index >= 15 is 0 Å². The van der Waals surface area contributed by atoms with Crippen molar-refractivity contribution in [1.29, 1.82) is 0 Å². The number of benzene rings is 6. The Hall–Kier alpha value is -4.80. The smallest absolute Gasteiger partial charge is 0.160 e. The van der Waals surface area contributed by atoms with Gasteiger partial charge in [-0.15, -0.1) is 0 Å². The fourth-order valence-corrected chi connectivity index (χ4v) is 6.22. The molecule has 0 aliphatic heterocycles. The van der Waals surface area contributed by atoms with E-state index in [2.05, 4.69) is 113 Å². The van der Waals surface area contributed by atoms with Crippen LogP contribution in [0.5, 0.6) is 0 Å². The quantitative estimate of drug-likeness (QED) is 0.176. The van der Waals surface area contributed by atoms with Crippen LogP contribution in [0.2, 0.25) is 0 Å². The van der Waals surface area contributed by atoms with Crippen molar-refractivity contribution in [1.82, 2.24) is 9.97 Å². The zero-order valence-corrected chi connectivity index (χ0v) is 28.9. The molecular formula is C42H39BrN2O. The van der Waals surface area contributed by atoms with Gasteiger partial charge in [-0.2, -0.15) is 0 Å². The van der Waals surface area contributed by atoms with Gasteiger partial charge in [-0.1, -0.05) is 145 Å². The van der Waals surface area contributed by atoms with E-state index in [4.69, 9.17) is 14.4 Å². The highest BCUT2D eigenvalue weighted by molar-refractivity contribution is 9.10. The van der Waals surface area contributed by atoms with E-state index in [0.717, 1.165) is 70.6 Å². The van der Waals surface area contributed by atoms with E-state index < -0.39 is 0 Å². The van der Waals surface area contributed by atoms with Gasteiger partial charge in [0.05, 0.1) is 15.7 Å². The Morgan fingerprint density at radius 1 is 0.500 bits per heavy atom. The molecule has 3 nitrogen and oxygen atoms in total. The molecule has 0 bridgehead atoms. The second-order valence-electron chi connectivity index (χ2n) is 9.93. The summed E-state index contributed by atoms with van der Waals surface area (Å²) >= 11 is 3.87. The van der Waals surface area contributed by atoms with Crippen LogP contribution in [0.25, 0.3) is 77.4 Å². The summed E-state index contributed by atoms with van der Waals surface area (Å²) in [4.78, 5) is 10.3. The summed E-state index contributed by atoms with van der Waals surface area (Å²) in [5, 5.41) is 6.64. The summed E-state index contributed by atoms with van der Waals surface area (Å²) in [5.74, 6) is 1.50. The van der Waals surface area contributed by atoms with E-state index in [1.807, 2.05) is 71.9 Å². The normalized spacial score (nSPS) is 10.5. The lowest BCUT2D eigenvalue weighted by Gasteiger charge is -2.11. The van der Waals surface area contributed by atoms with Crippen LogP contribution in [-0.4, -0.2) is 9.97 Å². The molecule has 2 aromatic heterocycles. The Morgan fingerprint density at radius 3 is 1.87 bits per heavy atom. The summed E-state index contributed by atoms with van der Waals surface area (Å²) in [7, 11) is 0. The monoisotopic (exact) mass is 666 g/mol. The van der Waals surface area contributed by atoms with Crippen LogP contribution in [0.4, 0.5) is 0 Å². The van der Waals surface area contributed by atoms with Crippen molar-refractivity contribution in [3.8, 4) is 34.0 Å². The Balaban J connectivity index is 0.000000658. The van der Waals surface area contributed by atoms with Crippen LogP contribution in [0.3, 0.4) is 0 Å². The molecule has 0 saturated heterocycles. The van der Waals surface area contributed by atoms with E-state index in [9.17, 15) is 0 Å². The zero-order chi connectivity index (χ0) is 32.6. The SMILES string of the molecule is Brc1c(-c2cccc3ccccc23)oc2ccc(-c3nc(-c4ccccc4)c4ccc5ccccc5c4n3)cc12.CC.CC.CC. The fraction of sp³-hybridized carbons (Fsp3) is 0.143. The Kier molecular flexibility index (Phi) is 10.6. The third-order valence-corrected chi connectivity index (χ3v) is 8.35. The lowest BCUT2D eigenvalue weighted by molar-refractivity contribution is 0.630. The third kappa shape index (κ3) is 6.05. The highest BCUT2D eigenvalue weighted by Gasteiger charge is 2.19. The topological polar surface area (TPSA) is 38.9 Å². The maximum atomic E-state index is 6.42. The number of hydrogen-bond donors (Lipinski definition) is 0. The van der Waals surface area contributed by atoms with Crippen molar-refractivity contribution in [2.45, 2.75) is 41.5 Å². The van der Waals surface area contributed by atoms with Gasteiger partial charge in [-0.25, -0.2) is 9.97 Å². The first-order chi connectivity index (χ1) is 22.7. The minimum Gasteiger partial charge on any atom is -0.455 e. The van der Waals surface area contributed by atoms with Gasteiger partial charge in [-0.3, -0.25) is 0 Å². The summed E-state index contributed by atoms with van der Waals surface area (Å²) in [6.45, 7) is 12.0. The number of halogens is 1. The average molecular weight is 668 g/mol.